The van der Waals surface area contributed by atoms with E-state index in [9.17, 15) is 18.4 Å². The molecule has 3 aromatic carbocycles. The molecule has 2 aromatic heterocycles. The van der Waals surface area contributed by atoms with Crippen LogP contribution in [0.4, 0.5) is 29.3 Å². The molecule has 6 nitrogen and oxygen atoms in total. The van der Waals surface area contributed by atoms with Gasteiger partial charge in [0.2, 0.25) is 5.78 Å². The molecule has 2 N–H and O–H groups in total. The van der Waals surface area contributed by atoms with E-state index < -0.39 is 40.5 Å². The fourth-order valence-electron chi connectivity index (χ4n) is 3.86. The minimum atomic E-state index is -1.15. The van der Waals surface area contributed by atoms with Gasteiger partial charge in [-0.05, 0) is 42.5 Å². The minimum absolute atomic E-state index is 0.104. The summed E-state index contributed by atoms with van der Waals surface area (Å²) in [6, 6.07) is 17.8. The number of nitrogens with one attached hydrogen (secondary N) is 2. The Morgan fingerprint density at radius 3 is 2.41 bits per heavy atom. The van der Waals surface area contributed by atoms with Crippen molar-refractivity contribution in [1.82, 2.24) is 9.97 Å². The first-order chi connectivity index (χ1) is 17.9. The number of para-hydroxylation sites is 1. The van der Waals surface area contributed by atoms with Crippen molar-refractivity contribution in [3.8, 4) is 11.1 Å². The number of urea groups is 1. The number of hydrogen-bond donors (Lipinski definition) is 2. The number of anilines is 2. The molecule has 0 fully saturated rings. The lowest BCUT2D eigenvalue weighted by Crippen LogP contribution is -2.21. The molecule has 2 heterocycles. The van der Waals surface area contributed by atoms with Crippen LogP contribution in [0.3, 0.4) is 0 Å². The predicted octanol–water partition coefficient (Wildman–Crippen LogP) is 6.59. The van der Waals surface area contributed by atoms with Gasteiger partial charge in [-0.15, -0.1) is 0 Å². The second kappa shape index (κ2) is 9.90. The minimum Gasteiger partial charge on any atom is -0.308 e. The third-order valence-electron chi connectivity index (χ3n) is 5.52. The fraction of sp³-hybridized carbons (Fsp3) is 0. The van der Waals surface area contributed by atoms with Crippen LogP contribution in [0.15, 0.2) is 91.3 Å². The molecule has 0 aliphatic carbocycles. The smallest absolute Gasteiger partial charge is 0.308 e. The Morgan fingerprint density at radius 1 is 0.784 bits per heavy atom. The first kappa shape index (κ1) is 23.7. The summed E-state index contributed by atoms with van der Waals surface area (Å²) in [5, 5.41) is 5.24. The molecule has 5 aromatic rings. The number of benzene rings is 3. The molecule has 0 bridgehead atoms. The van der Waals surface area contributed by atoms with Crippen molar-refractivity contribution in [1.29, 1.82) is 0 Å². The van der Waals surface area contributed by atoms with Crippen LogP contribution in [-0.4, -0.2) is 21.8 Å². The van der Waals surface area contributed by atoms with Crippen LogP contribution in [0, 0.1) is 17.5 Å². The molecule has 37 heavy (non-hydrogen) atoms. The van der Waals surface area contributed by atoms with Crippen LogP contribution in [0.25, 0.3) is 22.0 Å². The van der Waals surface area contributed by atoms with Crippen molar-refractivity contribution in [3.63, 3.8) is 0 Å². The van der Waals surface area contributed by atoms with E-state index in [1.54, 1.807) is 36.5 Å². The van der Waals surface area contributed by atoms with Gasteiger partial charge in [0.05, 0.1) is 16.8 Å². The maximum absolute atomic E-state index is 15.5. The van der Waals surface area contributed by atoms with Gasteiger partial charge in [0.15, 0.2) is 5.82 Å². The Hall–Kier alpha value is -5.05. The Morgan fingerprint density at radius 2 is 1.62 bits per heavy atom. The zero-order valence-corrected chi connectivity index (χ0v) is 19.0. The largest absolute Gasteiger partial charge is 0.323 e. The van der Waals surface area contributed by atoms with E-state index in [2.05, 4.69) is 20.6 Å². The molecule has 0 aliphatic heterocycles. The summed E-state index contributed by atoms with van der Waals surface area (Å²) in [6.07, 6.45) is 3.10. The molecule has 0 saturated heterocycles. The van der Waals surface area contributed by atoms with Crippen molar-refractivity contribution in [2.75, 3.05) is 10.6 Å². The average molecular weight is 498 g/mol. The second-order valence-corrected chi connectivity index (χ2v) is 8.05. The van der Waals surface area contributed by atoms with Gasteiger partial charge in [-0.2, -0.15) is 0 Å². The molecular weight excluding hydrogens is 481 g/mol. The molecule has 0 aliphatic rings. The van der Waals surface area contributed by atoms with Crippen molar-refractivity contribution in [3.05, 3.63) is 120 Å². The zero-order chi connectivity index (χ0) is 25.9. The van der Waals surface area contributed by atoms with E-state index >= 15 is 4.39 Å². The summed E-state index contributed by atoms with van der Waals surface area (Å²) in [4.78, 5) is 34.5. The number of aromatic nitrogens is 2. The number of pyridine rings is 2. The van der Waals surface area contributed by atoms with E-state index in [1.165, 1.54) is 24.4 Å². The molecular formula is C28H17F3N4O2. The van der Waals surface area contributed by atoms with Crippen molar-refractivity contribution in [2.45, 2.75) is 0 Å². The number of fused-ring (bicyclic) bond motifs is 1. The first-order valence-electron chi connectivity index (χ1n) is 11.1. The summed E-state index contributed by atoms with van der Waals surface area (Å²) in [5.41, 5.74) is 0.254. The van der Waals surface area contributed by atoms with Crippen molar-refractivity contribution < 1.29 is 22.8 Å². The lowest BCUT2D eigenvalue weighted by Gasteiger charge is -2.13. The maximum Gasteiger partial charge on any atom is 0.323 e. The highest BCUT2D eigenvalue weighted by Gasteiger charge is 2.24. The summed E-state index contributed by atoms with van der Waals surface area (Å²) in [6.45, 7) is 0. The van der Waals surface area contributed by atoms with Gasteiger partial charge in [0.25, 0.3) is 0 Å². The SMILES string of the molecule is O=C(Nc1cccc(F)c1)Nc1cc(F)cc(C(=O)c2nc3ccccc3cc2-c2cccnc2)c1F. The van der Waals surface area contributed by atoms with Crippen LogP contribution in [0.1, 0.15) is 16.1 Å². The van der Waals surface area contributed by atoms with E-state index in [0.717, 1.165) is 23.6 Å². The van der Waals surface area contributed by atoms with Gasteiger partial charge in [-0.25, -0.2) is 22.9 Å². The number of ketones is 1. The molecule has 2 amide bonds. The lowest BCUT2D eigenvalue weighted by atomic mass is 9.97. The maximum atomic E-state index is 15.5. The molecule has 9 heteroatoms. The van der Waals surface area contributed by atoms with Crippen LogP contribution in [0.5, 0.6) is 0 Å². The van der Waals surface area contributed by atoms with Crippen LogP contribution in [0.2, 0.25) is 0 Å². The third kappa shape index (κ3) is 5.01. The number of carbonyl (C=O) groups is 2. The van der Waals surface area contributed by atoms with E-state index in [-0.39, 0.29) is 11.4 Å². The summed E-state index contributed by atoms with van der Waals surface area (Å²) < 4.78 is 43.4. The topological polar surface area (TPSA) is 84.0 Å². The Kier molecular flexibility index (Phi) is 6.34. The summed E-state index contributed by atoms with van der Waals surface area (Å²) in [7, 11) is 0. The van der Waals surface area contributed by atoms with E-state index in [0.29, 0.717) is 16.6 Å². The fourth-order valence-corrected chi connectivity index (χ4v) is 3.86. The van der Waals surface area contributed by atoms with E-state index in [4.69, 9.17) is 0 Å². The van der Waals surface area contributed by atoms with Crippen molar-refractivity contribution >= 4 is 34.1 Å². The number of rotatable bonds is 5. The Balaban J connectivity index is 1.54. The number of hydrogen-bond acceptors (Lipinski definition) is 4. The molecule has 5 rings (SSSR count). The number of carbonyl (C=O) groups excluding carboxylic acids is 2. The van der Waals surface area contributed by atoms with Crippen molar-refractivity contribution in [2.24, 2.45) is 0 Å². The molecule has 182 valence electrons. The van der Waals surface area contributed by atoms with Gasteiger partial charge in [0, 0.05) is 40.7 Å². The normalized spacial score (nSPS) is 10.8. The van der Waals surface area contributed by atoms with E-state index in [1.807, 2.05) is 12.1 Å². The molecule has 0 saturated carbocycles. The predicted molar refractivity (Wildman–Crippen MR) is 134 cm³/mol. The molecule has 0 radical (unpaired) electrons. The molecule has 0 atom stereocenters. The lowest BCUT2D eigenvalue weighted by molar-refractivity contribution is 0.103. The summed E-state index contributed by atoms with van der Waals surface area (Å²) in [5.74, 6) is -3.56. The summed E-state index contributed by atoms with van der Waals surface area (Å²) >= 11 is 0. The zero-order valence-electron chi connectivity index (χ0n) is 19.0. The van der Waals surface area contributed by atoms with Gasteiger partial charge in [0.1, 0.15) is 17.3 Å². The number of halogens is 3. The van der Waals surface area contributed by atoms with Crippen LogP contribution < -0.4 is 10.6 Å². The Labute approximate surface area is 208 Å². The highest BCUT2D eigenvalue weighted by molar-refractivity contribution is 6.13. The number of nitrogens with zero attached hydrogens (tertiary/aromatic N) is 2. The van der Waals surface area contributed by atoms with Gasteiger partial charge < -0.3 is 10.6 Å². The van der Waals surface area contributed by atoms with Gasteiger partial charge in [-0.3, -0.25) is 9.78 Å². The quantitative estimate of drug-likeness (QED) is 0.268. The third-order valence-corrected chi connectivity index (χ3v) is 5.52. The standard InChI is InChI=1S/C28H17F3N4O2/c29-18-7-3-8-20(12-18)33-28(37)35-24-14-19(30)13-22(25(24)31)27(36)26-21(17-6-4-10-32-15-17)11-16-5-1-2-9-23(16)34-26/h1-15H,(H2,33,35,37). The highest BCUT2D eigenvalue weighted by atomic mass is 19.1. The average Bonchev–Trinajstić information content (AvgIpc) is 2.90. The highest BCUT2D eigenvalue weighted by Crippen LogP contribution is 2.30. The van der Waals surface area contributed by atoms with Gasteiger partial charge in [-0.1, -0.05) is 30.3 Å². The monoisotopic (exact) mass is 498 g/mol. The second-order valence-electron chi connectivity index (χ2n) is 8.05. The number of amides is 2. The van der Waals surface area contributed by atoms with Crippen LogP contribution in [-0.2, 0) is 0 Å². The van der Waals surface area contributed by atoms with Gasteiger partial charge >= 0.3 is 6.03 Å². The first-order valence-corrected chi connectivity index (χ1v) is 11.1. The van der Waals surface area contributed by atoms with Crippen LogP contribution >= 0.6 is 0 Å². The molecule has 0 spiro atoms. The Bertz CT molecular complexity index is 1660. The molecule has 0 unspecified atom stereocenters.